The van der Waals surface area contributed by atoms with E-state index in [1.54, 1.807) is 13.2 Å². The van der Waals surface area contributed by atoms with Gasteiger partial charge in [-0.2, -0.15) is 0 Å². The van der Waals surface area contributed by atoms with Crippen molar-refractivity contribution in [2.75, 3.05) is 13.7 Å². The van der Waals surface area contributed by atoms with Gasteiger partial charge in [0.05, 0.1) is 20.1 Å². The van der Waals surface area contributed by atoms with Crippen molar-refractivity contribution in [1.29, 1.82) is 0 Å². The summed E-state index contributed by atoms with van der Waals surface area (Å²) in [7, 11) is 1.60. The number of ether oxygens (including phenoxy) is 2. The zero-order chi connectivity index (χ0) is 21.8. The van der Waals surface area contributed by atoms with Gasteiger partial charge >= 0.3 is 5.97 Å². The number of aliphatic carboxylic acids is 1. The Morgan fingerprint density at radius 1 is 1.06 bits per heavy atom. The number of carbonyl (C=O) groups is 1. The lowest BCUT2D eigenvalue weighted by molar-refractivity contribution is -0.135. The highest BCUT2D eigenvalue weighted by Crippen LogP contribution is 2.40. The van der Waals surface area contributed by atoms with E-state index in [1.165, 1.54) is 11.6 Å². The lowest BCUT2D eigenvalue weighted by Gasteiger charge is -2.29. The molecule has 0 saturated heterocycles. The minimum Gasteiger partial charge on any atom is -0.497 e. The number of halogens is 1. The molecule has 2 fully saturated rings. The summed E-state index contributed by atoms with van der Waals surface area (Å²) >= 11 is 0. The highest BCUT2D eigenvalue weighted by atomic mass is 19.1. The van der Waals surface area contributed by atoms with Crippen LogP contribution in [0, 0.1) is 11.7 Å². The topological polar surface area (TPSA) is 55.8 Å². The maximum absolute atomic E-state index is 14.3. The Hall–Kier alpha value is -2.82. The summed E-state index contributed by atoms with van der Waals surface area (Å²) in [6.45, 7) is 0.627. The maximum Gasteiger partial charge on any atom is 0.307 e. The second-order valence-electron chi connectivity index (χ2n) is 8.60. The zero-order valence-electron chi connectivity index (χ0n) is 17.9. The van der Waals surface area contributed by atoms with Crippen LogP contribution >= 0.6 is 0 Å². The van der Waals surface area contributed by atoms with Gasteiger partial charge in [-0.3, -0.25) is 4.79 Å². The molecule has 2 aromatic rings. The Labute approximate surface area is 182 Å². The maximum atomic E-state index is 14.3. The third-order valence-corrected chi connectivity index (χ3v) is 6.41. The van der Waals surface area contributed by atoms with Crippen LogP contribution in [0.25, 0.3) is 5.57 Å². The summed E-state index contributed by atoms with van der Waals surface area (Å²) in [6, 6.07) is 12.8. The molecule has 2 aliphatic rings. The molecule has 2 aromatic carbocycles. The van der Waals surface area contributed by atoms with E-state index in [9.17, 15) is 14.3 Å². The van der Waals surface area contributed by atoms with Crippen molar-refractivity contribution in [2.24, 2.45) is 5.92 Å². The number of hydrogen-bond acceptors (Lipinski definition) is 3. The molecule has 0 spiro atoms. The predicted octanol–water partition coefficient (Wildman–Crippen LogP) is 6.21. The molecule has 0 aliphatic heterocycles. The van der Waals surface area contributed by atoms with E-state index in [-0.39, 0.29) is 18.2 Å². The first-order chi connectivity index (χ1) is 15.0. The normalized spacial score (nSPS) is 20.3. The number of hydrogen-bond donors (Lipinski definition) is 1. The van der Waals surface area contributed by atoms with Gasteiger partial charge in [0.15, 0.2) is 0 Å². The Balaban J connectivity index is 1.33. The van der Waals surface area contributed by atoms with E-state index < -0.39 is 5.97 Å². The SMILES string of the molecule is COc1ccc(F)c([C@H]2CC[C@@H](COc3cccc(C(CC(=O)O)=C4CC4)c3)CC2)c1. The van der Waals surface area contributed by atoms with Crippen LogP contribution in [0.3, 0.4) is 0 Å². The summed E-state index contributed by atoms with van der Waals surface area (Å²) in [5.41, 5.74) is 3.87. The summed E-state index contributed by atoms with van der Waals surface area (Å²) in [5.74, 6) is 1.18. The number of carboxylic acids is 1. The molecule has 1 N–H and O–H groups in total. The average molecular weight is 425 g/mol. The molecule has 5 heteroatoms. The highest BCUT2D eigenvalue weighted by molar-refractivity contribution is 5.86. The molecule has 164 valence electrons. The van der Waals surface area contributed by atoms with Crippen molar-refractivity contribution in [3.05, 3.63) is 65.0 Å². The fourth-order valence-electron chi connectivity index (χ4n) is 4.54. The van der Waals surface area contributed by atoms with Crippen molar-refractivity contribution < 1.29 is 23.8 Å². The fraction of sp³-hybridized carbons (Fsp3) is 0.423. The van der Waals surface area contributed by atoms with E-state index in [2.05, 4.69) is 0 Å². The number of rotatable bonds is 8. The Morgan fingerprint density at radius 3 is 2.52 bits per heavy atom. The van der Waals surface area contributed by atoms with Crippen LogP contribution in [0.4, 0.5) is 4.39 Å². The van der Waals surface area contributed by atoms with Crippen molar-refractivity contribution in [3.63, 3.8) is 0 Å². The van der Waals surface area contributed by atoms with Gasteiger partial charge in [-0.15, -0.1) is 0 Å². The minimum absolute atomic E-state index is 0.0592. The number of benzene rings is 2. The van der Waals surface area contributed by atoms with Crippen LogP contribution in [0.5, 0.6) is 11.5 Å². The van der Waals surface area contributed by atoms with E-state index in [0.29, 0.717) is 18.3 Å². The summed E-state index contributed by atoms with van der Waals surface area (Å²) in [6.07, 6.45) is 5.91. The molecular formula is C26H29FO4. The van der Waals surface area contributed by atoms with Crippen LogP contribution in [0.1, 0.15) is 62.0 Å². The summed E-state index contributed by atoms with van der Waals surface area (Å²) in [4.78, 5) is 11.2. The predicted molar refractivity (Wildman–Crippen MR) is 118 cm³/mol. The van der Waals surface area contributed by atoms with Crippen molar-refractivity contribution >= 4 is 11.5 Å². The van der Waals surface area contributed by atoms with Crippen molar-refractivity contribution in [3.8, 4) is 11.5 Å². The average Bonchev–Trinajstić information content (AvgIpc) is 3.62. The van der Waals surface area contributed by atoms with Gasteiger partial charge in [0, 0.05) is 0 Å². The van der Waals surface area contributed by atoms with Crippen LogP contribution in [-0.4, -0.2) is 24.8 Å². The van der Waals surface area contributed by atoms with Gasteiger partial charge in [0.2, 0.25) is 0 Å². The Morgan fingerprint density at radius 2 is 1.84 bits per heavy atom. The zero-order valence-corrected chi connectivity index (χ0v) is 17.9. The molecular weight excluding hydrogens is 395 g/mol. The van der Waals surface area contributed by atoms with Gasteiger partial charge in [0.25, 0.3) is 0 Å². The lowest BCUT2D eigenvalue weighted by Crippen LogP contribution is -2.20. The van der Waals surface area contributed by atoms with Crippen LogP contribution < -0.4 is 9.47 Å². The molecule has 31 heavy (non-hydrogen) atoms. The summed E-state index contributed by atoms with van der Waals surface area (Å²) in [5, 5.41) is 9.22. The van der Waals surface area contributed by atoms with Crippen LogP contribution in [0.2, 0.25) is 0 Å². The van der Waals surface area contributed by atoms with Gasteiger partial charge < -0.3 is 14.6 Å². The molecule has 2 aliphatic carbocycles. The van der Waals surface area contributed by atoms with E-state index >= 15 is 0 Å². The van der Waals surface area contributed by atoms with E-state index in [0.717, 1.165) is 61.0 Å². The van der Waals surface area contributed by atoms with Crippen LogP contribution in [0.15, 0.2) is 48.0 Å². The van der Waals surface area contributed by atoms with Gasteiger partial charge in [-0.25, -0.2) is 4.39 Å². The van der Waals surface area contributed by atoms with Gasteiger partial charge in [-0.05, 0) is 97.4 Å². The smallest absolute Gasteiger partial charge is 0.307 e. The first-order valence-corrected chi connectivity index (χ1v) is 11.0. The van der Waals surface area contributed by atoms with Crippen molar-refractivity contribution in [2.45, 2.75) is 50.9 Å². The standard InChI is InChI=1S/C26H29FO4/c1-30-21-11-12-25(27)24(14-21)19-7-5-17(6-8-19)16-31-22-4-2-3-20(13-22)23(15-26(28)29)18-9-10-18/h2-4,11-14,17,19H,5-10,15-16H2,1H3,(H,28,29)/t17-,19+. The quantitative estimate of drug-likeness (QED) is 0.547. The molecule has 0 unspecified atom stereocenters. The number of carboxylic acid groups (broad SMARTS) is 1. The fourth-order valence-corrected chi connectivity index (χ4v) is 4.54. The molecule has 0 radical (unpaired) electrons. The second kappa shape index (κ2) is 9.54. The van der Waals surface area contributed by atoms with Crippen LogP contribution in [-0.2, 0) is 4.79 Å². The molecule has 4 nitrogen and oxygen atoms in total. The first kappa shape index (κ1) is 21.4. The van der Waals surface area contributed by atoms with E-state index in [4.69, 9.17) is 9.47 Å². The molecule has 2 saturated carbocycles. The van der Waals surface area contributed by atoms with Crippen molar-refractivity contribution in [1.82, 2.24) is 0 Å². The Bertz CT molecular complexity index is 967. The molecule has 0 heterocycles. The molecule has 0 amide bonds. The largest absolute Gasteiger partial charge is 0.497 e. The number of allylic oxidation sites excluding steroid dienone is 1. The molecule has 4 rings (SSSR count). The Kier molecular flexibility index (Phi) is 6.59. The first-order valence-electron chi connectivity index (χ1n) is 11.0. The van der Waals surface area contributed by atoms with E-state index in [1.807, 2.05) is 30.3 Å². The third kappa shape index (κ3) is 5.46. The third-order valence-electron chi connectivity index (χ3n) is 6.41. The lowest BCUT2D eigenvalue weighted by atomic mass is 9.79. The number of methoxy groups -OCH3 is 1. The highest BCUT2D eigenvalue weighted by Gasteiger charge is 2.25. The monoisotopic (exact) mass is 424 g/mol. The summed E-state index contributed by atoms with van der Waals surface area (Å²) < 4.78 is 25.6. The second-order valence-corrected chi connectivity index (χ2v) is 8.60. The molecule has 0 aromatic heterocycles. The molecule has 0 bridgehead atoms. The van der Waals surface area contributed by atoms with Gasteiger partial charge in [0.1, 0.15) is 17.3 Å². The molecule has 0 atom stereocenters. The minimum atomic E-state index is -0.801. The van der Waals surface area contributed by atoms with Gasteiger partial charge in [-0.1, -0.05) is 17.7 Å².